The third-order valence-electron chi connectivity index (χ3n) is 1.99. The van der Waals surface area contributed by atoms with Crippen molar-refractivity contribution in [1.29, 1.82) is 0 Å². The Morgan fingerprint density at radius 3 is 2.22 bits per heavy atom. The fraction of sp³-hybridized carbons (Fsp3) is 0.111. The predicted molar refractivity (Wildman–Crippen MR) is 51.4 cm³/mol. The largest absolute Gasteiger partial charge is 0.470 e. The molecule has 2 rings (SSSR count). The van der Waals surface area contributed by atoms with E-state index in [9.17, 15) is 23.3 Å². The van der Waals surface area contributed by atoms with Crippen LogP contribution in [0, 0.1) is 10.1 Å². The number of hydrogen-bond acceptors (Lipinski definition) is 5. The number of nitrogens with zero attached hydrogens (tertiary/aromatic N) is 3. The van der Waals surface area contributed by atoms with E-state index in [0.717, 1.165) is 12.1 Å². The van der Waals surface area contributed by atoms with Crippen LogP contribution in [0.2, 0.25) is 0 Å². The van der Waals surface area contributed by atoms with Gasteiger partial charge in [-0.05, 0) is 12.1 Å². The minimum absolute atomic E-state index is 0.170. The molecule has 0 N–H and O–H groups in total. The average Bonchev–Trinajstić information content (AvgIpc) is 2.78. The summed E-state index contributed by atoms with van der Waals surface area (Å²) >= 11 is 0. The number of alkyl halides is 3. The number of aromatic nitrogens is 2. The first-order valence-electron chi connectivity index (χ1n) is 4.53. The van der Waals surface area contributed by atoms with Crippen LogP contribution in [0.15, 0.2) is 28.7 Å². The zero-order chi connectivity index (χ0) is 13.3. The van der Waals surface area contributed by atoms with Gasteiger partial charge in [0.25, 0.3) is 5.69 Å². The molecule has 0 amide bonds. The van der Waals surface area contributed by atoms with Gasteiger partial charge in [0, 0.05) is 17.7 Å². The van der Waals surface area contributed by atoms with E-state index in [2.05, 4.69) is 14.6 Å². The van der Waals surface area contributed by atoms with Crippen molar-refractivity contribution >= 4 is 5.69 Å². The molecule has 0 saturated carbocycles. The maximum atomic E-state index is 12.2. The molecule has 0 atom stereocenters. The second-order valence-corrected chi connectivity index (χ2v) is 3.21. The summed E-state index contributed by atoms with van der Waals surface area (Å²) in [5.74, 6) is -1.81. The summed E-state index contributed by atoms with van der Waals surface area (Å²) in [5.41, 5.74) is -0.0158. The van der Waals surface area contributed by atoms with Gasteiger partial charge in [0.1, 0.15) is 0 Å². The van der Waals surface area contributed by atoms with Crippen LogP contribution in [0.3, 0.4) is 0 Å². The van der Waals surface area contributed by atoms with E-state index in [-0.39, 0.29) is 17.1 Å². The van der Waals surface area contributed by atoms with Gasteiger partial charge in [-0.15, -0.1) is 10.2 Å². The topological polar surface area (TPSA) is 82.1 Å². The lowest BCUT2D eigenvalue weighted by molar-refractivity contribution is -0.384. The van der Waals surface area contributed by atoms with Crippen molar-refractivity contribution < 1.29 is 22.5 Å². The molecule has 6 nitrogen and oxygen atoms in total. The average molecular weight is 259 g/mol. The Bertz CT molecular complexity index is 577. The number of nitro groups is 1. The summed E-state index contributed by atoms with van der Waals surface area (Å²) in [6.07, 6.45) is -4.72. The maximum absolute atomic E-state index is 12.2. The highest BCUT2D eigenvalue weighted by Gasteiger charge is 2.38. The molecular weight excluding hydrogens is 255 g/mol. The Morgan fingerprint density at radius 1 is 1.17 bits per heavy atom. The highest BCUT2D eigenvalue weighted by molar-refractivity contribution is 5.55. The predicted octanol–water partition coefficient (Wildman–Crippen LogP) is 2.66. The molecule has 0 aliphatic rings. The van der Waals surface area contributed by atoms with E-state index >= 15 is 0 Å². The lowest BCUT2D eigenvalue weighted by Crippen LogP contribution is -2.04. The quantitative estimate of drug-likeness (QED) is 0.611. The second-order valence-electron chi connectivity index (χ2n) is 3.21. The first-order valence-corrected chi connectivity index (χ1v) is 4.53. The highest BCUT2D eigenvalue weighted by atomic mass is 19.4. The summed E-state index contributed by atoms with van der Waals surface area (Å²) in [4.78, 5) is 9.76. The van der Waals surface area contributed by atoms with E-state index in [4.69, 9.17) is 0 Å². The van der Waals surface area contributed by atoms with Crippen molar-refractivity contribution in [1.82, 2.24) is 10.2 Å². The molecule has 0 unspecified atom stereocenters. The van der Waals surface area contributed by atoms with Crippen LogP contribution in [-0.4, -0.2) is 15.1 Å². The van der Waals surface area contributed by atoms with Gasteiger partial charge in [-0.25, -0.2) is 0 Å². The van der Waals surface area contributed by atoms with Crippen molar-refractivity contribution in [3.8, 4) is 11.5 Å². The number of hydrogen-bond donors (Lipinski definition) is 0. The molecule has 0 saturated heterocycles. The van der Waals surface area contributed by atoms with E-state index in [1.165, 1.54) is 12.1 Å². The molecule has 0 fully saturated rings. The van der Waals surface area contributed by atoms with Crippen LogP contribution in [0.5, 0.6) is 0 Å². The van der Waals surface area contributed by atoms with Gasteiger partial charge in [-0.1, -0.05) is 0 Å². The van der Waals surface area contributed by atoms with Crippen molar-refractivity contribution in [3.05, 3.63) is 40.3 Å². The highest BCUT2D eigenvalue weighted by Crippen LogP contribution is 2.30. The third kappa shape index (κ3) is 2.29. The van der Waals surface area contributed by atoms with E-state index in [1.54, 1.807) is 0 Å². The Balaban J connectivity index is 2.32. The molecule has 0 aliphatic heterocycles. The molecule has 18 heavy (non-hydrogen) atoms. The Labute approximate surface area is 97.2 Å². The zero-order valence-corrected chi connectivity index (χ0v) is 8.51. The Morgan fingerprint density at radius 2 is 1.78 bits per heavy atom. The van der Waals surface area contributed by atoms with Crippen LogP contribution in [-0.2, 0) is 6.18 Å². The summed E-state index contributed by atoms with van der Waals surface area (Å²) in [7, 11) is 0. The molecule has 1 heterocycles. The van der Waals surface area contributed by atoms with E-state index in [1.807, 2.05) is 0 Å². The molecule has 2 aromatic rings. The molecule has 9 heteroatoms. The SMILES string of the molecule is O=[N+]([O-])c1ccc(-c2nnc(C(F)(F)F)o2)cc1. The molecule has 1 aromatic carbocycles. The van der Waals surface area contributed by atoms with Crippen LogP contribution in [0.25, 0.3) is 11.5 Å². The fourth-order valence-corrected chi connectivity index (χ4v) is 1.18. The van der Waals surface area contributed by atoms with Gasteiger partial charge in [-0.2, -0.15) is 13.2 Å². The van der Waals surface area contributed by atoms with E-state index in [0.29, 0.717) is 0 Å². The number of benzene rings is 1. The van der Waals surface area contributed by atoms with Gasteiger partial charge < -0.3 is 4.42 Å². The number of rotatable bonds is 2. The molecule has 1 aromatic heterocycles. The summed E-state index contributed by atoms with van der Waals surface area (Å²) in [6.45, 7) is 0. The monoisotopic (exact) mass is 259 g/mol. The zero-order valence-electron chi connectivity index (χ0n) is 8.51. The minimum atomic E-state index is -4.72. The van der Waals surface area contributed by atoms with Gasteiger partial charge in [0.2, 0.25) is 5.89 Å². The fourth-order valence-electron chi connectivity index (χ4n) is 1.18. The van der Waals surface area contributed by atoms with Crippen LogP contribution in [0.4, 0.5) is 18.9 Å². The van der Waals surface area contributed by atoms with Crippen LogP contribution >= 0.6 is 0 Å². The van der Waals surface area contributed by atoms with Crippen molar-refractivity contribution in [2.24, 2.45) is 0 Å². The van der Waals surface area contributed by atoms with Crippen molar-refractivity contribution in [2.75, 3.05) is 0 Å². The normalized spacial score (nSPS) is 11.5. The second kappa shape index (κ2) is 4.09. The van der Waals surface area contributed by atoms with Gasteiger partial charge in [-0.3, -0.25) is 10.1 Å². The Kier molecular flexibility index (Phi) is 2.73. The van der Waals surface area contributed by atoms with Gasteiger partial charge in [0.15, 0.2) is 0 Å². The maximum Gasteiger partial charge on any atom is 0.470 e. The number of non-ortho nitro benzene ring substituents is 1. The molecular formula is C9H4F3N3O3. The summed E-state index contributed by atoms with van der Waals surface area (Å²) in [5, 5.41) is 16.5. The first kappa shape index (κ1) is 12.0. The molecule has 0 spiro atoms. The van der Waals surface area contributed by atoms with Gasteiger partial charge >= 0.3 is 12.1 Å². The standard InChI is InChI=1S/C9H4F3N3O3/c10-9(11,12)8-14-13-7(18-8)5-1-3-6(4-2-5)15(16)17/h1-4H. The smallest absolute Gasteiger partial charge is 0.413 e. The van der Waals surface area contributed by atoms with E-state index < -0.39 is 17.0 Å². The number of nitro benzene ring substituents is 1. The minimum Gasteiger partial charge on any atom is -0.413 e. The first-order chi connectivity index (χ1) is 8.38. The van der Waals surface area contributed by atoms with Gasteiger partial charge in [0.05, 0.1) is 4.92 Å². The lowest BCUT2D eigenvalue weighted by Gasteiger charge is -1.97. The van der Waals surface area contributed by atoms with Crippen molar-refractivity contribution in [3.63, 3.8) is 0 Å². The Hall–Kier alpha value is -2.45. The molecule has 0 bridgehead atoms. The lowest BCUT2D eigenvalue weighted by atomic mass is 10.2. The molecule has 0 radical (unpaired) electrons. The summed E-state index contributed by atoms with van der Waals surface area (Å²) in [6, 6.07) is 4.72. The van der Waals surface area contributed by atoms with Crippen LogP contribution < -0.4 is 0 Å². The van der Waals surface area contributed by atoms with Crippen molar-refractivity contribution in [2.45, 2.75) is 6.18 Å². The summed E-state index contributed by atoms with van der Waals surface area (Å²) < 4.78 is 41.0. The molecule has 0 aliphatic carbocycles. The molecule has 94 valence electrons. The number of halogens is 3. The van der Waals surface area contributed by atoms with Crippen LogP contribution in [0.1, 0.15) is 5.89 Å². The third-order valence-corrected chi connectivity index (χ3v) is 1.99.